The maximum absolute atomic E-state index is 13.7. The molecule has 1 amide bonds. The van der Waals surface area contributed by atoms with Gasteiger partial charge in [0, 0.05) is 57.0 Å². The lowest BCUT2D eigenvalue weighted by Crippen LogP contribution is -2.39. The summed E-state index contributed by atoms with van der Waals surface area (Å²) in [6.45, 7) is 20.3. The van der Waals surface area contributed by atoms with Crippen LogP contribution in [0.3, 0.4) is 0 Å². The third-order valence-corrected chi connectivity index (χ3v) is 16.6. The van der Waals surface area contributed by atoms with Crippen molar-refractivity contribution in [3.63, 3.8) is 0 Å². The van der Waals surface area contributed by atoms with E-state index in [1.54, 1.807) is 43.2 Å². The quantitative estimate of drug-likeness (QED) is 0.00482. The van der Waals surface area contributed by atoms with Crippen molar-refractivity contribution in [2.24, 2.45) is 15.2 Å². The van der Waals surface area contributed by atoms with Crippen LogP contribution in [0, 0.1) is 16.7 Å². The summed E-state index contributed by atoms with van der Waals surface area (Å²) in [5, 5.41) is 28.2. The first-order valence-corrected chi connectivity index (χ1v) is 29.4. The number of carbonyl (C=O) groups is 1. The van der Waals surface area contributed by atoms with Crippen molar-refractivity contribution in [1.29, 1.82) is 0 Å². The fraction of sp³-hybridized carbons (Fsp3) is 0.377. The number of non-ortho nitro benzene ring substituents is 1. The maximum Gasteiger partial charge on any atom is 0.409 e. The molecule has 0 aliphatic carbocycles. The number of amides is 1. The highest BCUT2D eigenvalue weighted by atomic mass is 35.5. The molecule has 4 atom stereocenters. The van der Waals surface area contributed by atoms with Crippen molar-refractivity contribution in [3.05, 3.63) is 177 Å². The van der Waals surface area contributed by atoms with Crippen molar-refractivity contribution in [2.45, 2.75) is 90.6 Å². The Bertz CT molecular complexity index is 3440. The van der Waals surface area contributed by atoms with Gasteiger partial charge in [0.05, 0.1) is 60.2 Å². The number of benzene rings is 5. The number of hydrogen-bond donors (Lipinski definition) is 1. The molecule has 7 aromatic rings. The van der Waals surface area contributed by atoms with Gasteiger partial charge in [0.2, 0.25) is 6.54 Å². The third kappa shape index (κ3) is 15.2. The molecule has 0 bridgehead atoms. The second-order valence-corrected chi connectivity index (χ2v) is 22.4. The summed E-state index contributed by atoms with van der Waals surface area (Å²) in [7, 11) is 5.25. The van der Waals surface area contributed by atoms with Crippen LogP contribution < -0.4 is 19.7 Å². The van der Waals surface area contributed by atoms with Gasteiger partial charge >= 0.3 is 6.09 Å². The number of carbonyl (C=O) groups excluding carboxylic acids is 1. The molecule has 0 spiro atoms. The molecule has 3 heterocycles. The summed E-state index contributed by atoms with van der Waals surface area (Å²) in [5.41, 5.74) is 3.47. The molecule has 452 valence electrons. The number of anilines is 1. The fourth-order valence-corrected chi connectivity index (χ4v) is 11.7. The van der Waals surface area contributed by atoms with E-state index in [9.17, 15) is 14.9 Å². The molecule has 86 heavy (non-hydrogen) atoms. The van der Waals surface area contributed by atoms with Crippen LogP contribution in [0.25, 0.3) is 15.9 Å². The number of ether oxygens (including phenoxy) is 5. The van der Waals surface area contributed by atoms with Crippen LogP contribution in [-0.2, 0) is 35.4 Å². The molecule has 1 fully saturated rings. The molecule has 0 saturated carbocycles. The van der Waals surface area contributed by atoms with Gasteiger partial charge in [-0.25, -0.2) is 35.7 Å². The number of hydrogen-bond acceptors (Lipinski definition) is 18. The van der Waals surface area contributed by atoms with E-state index in [1.165, 1.54) is 24.5 Å². The normalized spacial score (nSPS) is 15.8. The second kappa shape index (κ2) is 29.7. The monoisotopic (exact) mass is 1210 g/mol. The standard InChI is InChI=1S/C61H71ClN13O10P/c1-12-72(47-24-22-46(23-25-47)68-69-52-31-26-48(75(77)78)34-51(52)62)39-81-60(76)64-36-53-57-58(67-42(6)71(8)9)65-38-66-59(57)73(70-53)56-35-54(85-86(83-33-32-63-7)74(40(2)3)41(4)5)55(84-56)37-82-61(43-16-14-13-15-17-43,44-18-27-49(79-10)28-19-44)45-20-29-50(80-11)30-21-45/h13-31,34,38,40-41,54-56H,12,32-33,35-37,39H2,1-6,8-11H3,(H,64,76). The van der Waals surface area contributed by atoms with Gasteiger partial charge in [-0.15, -0.1) is 5.11 Å². The average molecular weight is 1210 g/mol. The number of rotatable bonds is 27. The highest BCUT2D eigenvalue weighted by Crippen LogP contribution is 2.51. The van der Waals surface area contributed by atoms with Crippen LogP contribution >= 0.6 is 20.1 Å². The molecular weight excluding hydrogens is 1140 g/mol. The number of nitro benzene ring substituents is 1. The molecule has 5 aromatic carbocycles. The molecular formula is C61H71ClN13O10P. The summed E-state index contributed by atoms with van der Waals surface area (Å²) in [5.74, 6) is 2.34. The SMILES string of the molecule is [C-]#[N+]CCOP(OC1CC(n2nc(CNC(=O)OCN(CC)c3ccc(N=Nc4ccc([N+](=O)[O-])cc4Cl)cc3)c3c(N=C(C)N(C)C)ncnc32)OC1COC(c1ccccc1)(c1ccc(OC)cc1)c1ccc(OC)cc1)N(C(C)C)C(C)C. The smallest absolute Gasteiger partial charge is 0.409 e. The van der Waals surface area contributed by atoms with E-state index in [4.69, 9.17) is 66.0 Å². The van der Waals surface area contributed by atoms with E-state index in [2.05, 4.69) is 57.7 Å². The van der Waals surface area contributed by atoms with Gasteiger partial charge in [-0.1, -0.05) is 66.2 Å². The van der Waals surface area contributed by atoms with Crippen LogP contribution in [0.2, 0.25) is 5.02 Å². The summed E-state index contributed by atoms with van der Waals surface area (Å²) < 4.78 is 49.3. The number of aromatic nitrogens is 4. The Hall–Kier alpha value is -8.20. The Balaban J connectivity index is 1.11. The van der Waals surface area contributed by atoms with Crippen molar-refractivity contribution < 1.29 is 42.4 Å². The first-order valence-electron chi connectivity index (χ1n) is 27.9. The molecule has 1 aliphatic heterocycles. The first kappa shape index (κ1) is 63.8. The Morgan fingerprint density at radius 2 is 1.58 bits per heavy atom. The van der Waals surface area contributed by atoms with Gasteiger partial charge < -0.3 is 52.7 Å². The number of alkyl carbamates (subject to hydrolysis) is 1. The number of methoxy groups -OCH3 is 2. The number of nitrogens with one attached hydrogen (secondary N) is 1. The second-order valence-electron chi connectivity index (χ2n) is 20.6. The van der Waals surface area contributed by atoms with Gasteiger partial charge in [0.1, 0.15) is 47.7 Å². The van der Waals surface area contributed by atoms with Crippen LogP contribution in [0.15, 0.2) is 143 Å². The van der Waals surface area contributed by atoms with Crippen LogP contribution in [0.1, 0.15) is 76.6 Å². The lowest BCUT2D eigenvalue weighted by atomic mass is 9.80. The molecule has 1 saturated heterocycles. The van der Waals surface area contributed by atoms with Crippen LogP contribution in [0.5, 0.6) is 11.5 Å². The van der Waals surface area contributed by atoms with Crippen molar-refractivity contribution in [3.8, 4) is 11.5 Å². The Morgan fingerprint density at radius 1 is 0.930 bits per heavy atom. The van der Waals surface area contributed by atoms with E-state index in [0.717, 1.165) is 22.4 Å². The Kier molecular flexibility index (Phi) is 22.1. The predicted molar refractivity (Wildman–Crippen MR) is 330 cm³/mol. The number of azo groups is 1. The largest absolute Gasteiger partial charge is 0.497 e. The van der Waals surface area contributed by atoms with Gasteiger partial charge in [0.15, 0.2) is 24.4 Å². The third-order valence-electron chi connectivity index (χ3n) is 14.2. The molecule has 23 nitrogen and oxygen atoms in total. The minimum atomic E-state index is -1.77. The van der Waals surface area contributed by atoms with Crippen molar-refractivity contribution in [1.82, 2.24) is 34.6 Å². The lowest BCUT2D eigenvalue weighted by Gasteiger charge is -2.39. The minimum absolute atomic E-state index is 0.00160. The van der Waals surface area contributed by atoms with Gasteiger partial charge in [-0.05, 0) is 113 Å². The number of halogens is 1. The Morgan fingerprint density at radius 3 is 2.16 bits per heavy atom. The minimum Gasteiger partial charge on any atom is -0.497 e. The number of nitrogens with zero attached hydrogens (tertiary/aromatic N) is 12. The Labute approximate surface area is 506 Å². The topological polar surface area (TPSA) is 232 Å². The zero-order valence-corrected chi connectivity index (χ0v) is 51.4. The molecule has 0 radical (unpaired) electrons. The molecule has 8 rings (SSSR count). The molecule has 1 N–H and O–H groups in total. The number of fused-ring (bicyclic) bond motifs is 1. The first-order chi connectivity index (χ1) is 41.5. The zero-order chi connectivity index (χ0) is 61.5. The molecule has 25 heteroatoms. The fourth-order valence-electron chi connectivity index (χ4n) is 9.71. The van der Waals surface area contributed by atoms with Gasteiger partial charge in [0.25, 0.3) is 14.2 Å². The molecule has 1 aliphatic rings. The summed E-state index contributed by atoms with van der Waals surface area (Å²) in [6, 6.07) is 36.7. The van der Waals surface area contributed by atoms with Gasteiger partial charge in [-0.3, -0.25) is 10.1 Å². The van der Waals surface area contributed by atoms with Crippen LogP contribution in [0.4, 0.5) is 33.4 Å². The highest BCUT2D eigenvalue weighted by molar-refractivity contribution is 7.44. The number of nitro groups is 1. The summed E-state index contributed by atoms with van der Waals surface area (Å²) in [6.07, 6.45) is -1.29. The van der Waals surface area contributed by atoms with Gasteiger partial charge in [-0.2, -0.15) is 10.2 Å². The number of aliphatic imine (C=N–C) groups is 1. The number of amidine groups is 1. The van der Waals surface area contributed by atoms with E-state index >= 15 is 0 Å². The van der Waals surface area contributed by atoms with E-state index in [0.29, 0.717) is 52.1 Å². The van der Waals surface area contributed by atoms with E-state index in [1.807, 2.05) is 117 Å². The predicted octanol–water partition coefficient (Wildman–Crippen LogP) is 13.1. The van der Waals surface area contributed by atoms with Crippen molar-refractivity contribution >= 4 is 71.7 Å². The van der Waals surface area contributed by atoms with E-state index < -0.39 is 43.6 Å². The van der Waals surface area contributed by atoms with Crippen LogP contribution in [-0.4, -0.2) is 132 Å². The average Bonchev–Trinajstić information content (AvgIpc) is 1.44. The highest BCUT2D eigenvalue weighted by Gasteiger charge is 2.46. The summed E-state index contributed by atoms with van der Waals surface area (Å²) in [4.78, 5) is 45.9. The zero-order valence-electron chi connectivity index (χ0n) is 49.7. The lowest BCUT2D eigenvalue weighted by molar-refractivity contribution is -0.384. The maximum atomic E-state index is 13.7. The molecule has 2 aromatic heterocycles. The summed E-state index contributed by atoms with van der Waals surface area (Å²) >= 11 is 6.22. The van der Waals surface area contributed by atoms with Crippen molar-refractivity contribution in [2.75, 3.05) is 66.2 Å². The van der Waals surface area contributed by atoms with E-state index in [-0.39, 0.29) is 67.9 Å². The molecule has 4 unspecified atom stereocenters.